The van der Waals surface area contributed by atoms with Crippen molar-refractivity contribution in [3.8, 4) is 0 Å². The maximum Gasteiger partial charge on any atom is 0.296 e. The van der Waals surface area contributed by atoms with Crippen LogP contribution in [0, 0.1) is 12.7 Å². The highest BCUT2D eigenvalue weighted by atomic mass is 19.1. The SMILES string of the molecule is CCN1C(=O)[C@]2(C(=C(O)c3ccc(C)c(F)c3)C(=O)C(=O)N2CCN(C)C)c2ccccc21. The molecule has 172 valence electrons. The molecule has 1 saturated heterocycles. The van der Waals surface area contributed by atoms with Crippen LogP contribution in [0.2, 0.25) is 0 Å². The van der Waals surface area contributed by atoms with Gasteiger partial charge in [-0.1, -0.05) is 30.3 Å². The van der Waals surface area contributed by atoms with Crippen molar-refractivity contribution < 1.29 is 23.9 Å². The quantitative estimate of drug-likeness (QED) is 0.430. The van der Waals surface area contributed by atoms with Gasteiger partial charge >= 0.3 is 0 Å². The van der Waals surface area contributed by atoms with Gasteiger partial charge in [0.1, 0.15) is 11.6 Å². The van der Waals surface area contributed by atoms with Crippen molar-refractivity contribution in [1.82, 2.24) is 9.80 Å². The minimum absolute atomic E-state index is 0.0308. The van der Waals surface area contributed by atoms with Crippen LogP contribution in [-0.2, 0) is 19.9 Å². The minimum Gasteiger partial charge on any atom is -0.507 e. The predicted molar refractivity (Wildman–Crippen MR) is 122 cm³/mol. The Hall–Kier alpha value is -3.52. The molecule has 0 unspecified atom stereocenters. The number of aliphatic hydroxyl groups is 1. The number of fused-ring (bicyclic) bond motifs is 2. The largest absolute Gasteiger partial charge is 0.507 e. The zero-order valence-electron chi connectivity index (χ0n) is 19.1. The van der Waals surface area contributed by atoms with Gasteiger partial charge in [-0.25, -0.2) is 4.39 Å². The number of aryl methyl sites for hydroxylation is 1. The number of amides is 2. The van der Waals surface area contributed by atoms with Crippen LogP contribution in [0.15, 0.2) is 48.0 Å². The Balaban J connectivity index is 2.06. The number of rotatable bonds is 5. The molecule has 0 bridgehead atoms. The average molecular weight is 451 g/mol. The highest BCUT2D eigenvalue weighted by molar-refractivity contribution is 6.50. The average Bonchev–Trinajstić information content (AvgIpc) is 3.16. The van der Waals surface area contributed by atoms with Gasteiger partial charge in [0.05, 0.1) is 11.3 Å². The lowest BCUT2D eigenvalue weighted by atomic mass is 9.82. The minimum atomic E-state index is -1.82. The van der Waals surface area contributed by atoms with Crippen LogP contribution in [0.5, 0.6) is 0 Å². The van der Waals surface area contributed by atoms with Crippen LogP contribution < -0.4 is 4.90 Å². The summed E-state index contributed by atoms with van der Waals surface area (Å²) in [4.78, 5) is 45.2. The molecular weight excluding hydrogens is 425 g/mol. The number of ketones is 1. The number of hydrogen-bond acceptors (Lipinski definition) is 5. The van der Waals surface area contributed by atoms with E-state index in [0.717, 1.165) is 6.07 Å². The van der Waals surface area contributed by atoms with Crippen molar-refractivity contribution in [3.63, 3.8) is 0 Å². The highest BCUT2D eigenvalue weighted by Gasteiger charge is 2.66. The van der Waals surface area contributed by atoms with E-state index in [1.165, 1.54) is 21.9 Å². The van der Waals surface area contributed by atoms with Gasteiger partial charge in [-0.15, -0.1) is 0 Å². The number of halogens is 1. The van der Waals surface area contributed by atoms with E-state index < -0.39 is 34.7 Å². The second kappa shape index (κ2) is 8.12. The van der Waals surface area contributed by atoms with Crippen LogP contribution in [-0.4, -0.2) is 66.2 Å². The summed E-state index contributed by atoms with van der Waals surface area (Å²) in [5, 5.41) is 11.3. The molecular formula is C25H26FN3O4. The van der Waals surface area contributed by atoms with E-state index >= 15 is 0 Å². The fraction of sp³-hybridized carbons (Fsp3) is 0.320. The summed E-state index contributed by atoms with van der Waals surface area (Å²) in [7, 11) is 3.64. The number of anilines is 1. The van der Waals surface area contributed by atoms with Crippen molar-refractivity contribution in [1.29, 1.82) is 0 Å². The maximum absolute atomic E-state index is 14.3. The van der Waals surface area contributed by atoms with E-state index in [9.17, 15) is 23.9 Å². The third-order valence-electron chi connectivity index (χ3n) is 6.34. The molecule has 2 aliphatic rings. The van der Waals surface area contributed by atoms with Crippen molar-refractivity contribution in [2.24, 2.45) is 0 Å². The number of carbonyl (C=O) groups excluding carboxylic acids is 3. The Morgan fingerprint density at radius 3 is 2.45 bits per heavy atom. The fourth-order valence-corrected chi connectivity index (χ4v) is 4.67. The summed E-state index contributed by atoms with van der Waals surface area (Å²) < 4.78 is 14.3. The van der Waals surface area contributed by atoms with E-state index in [1.807, 2.05) is 19.0 Å². The molecule has 7 nitrogen and oxygen atoms in total. The summed E-state index contributed by atoms with van der Waals surface area (Å²) in [6, 6.07) is 11.0. The molecule has 1 spiro atoms. The van der Waals surface area contributed by atoms with E-state index in [4.69, 9.17) is 0 Å². The summed E-state index contributed by atoms with van der Waals surface area (Å²) >= 11 is 0. The van der Waals surface area contributed by atoms with Crippen molar-refractivity contribution in [3.05, 3.63) is 70.5 Å². The van der Waals surface area contributed by atoms with Gasteiger partial charge in [-0.05, 0) is 45.6 Å². The lowest BCUT2D eigenvalue weighted by Crippen LogP contribution is -2.53. The van der Waals surface area contributed by atoms with Gasteiger partial charge in [0.15, 0.2) is 5.54 Å². The molecule has 2 aromatic rings. The molecule has 1 fully saturated rings. The van der Waals surface area contributed by atoms with Gasteiger partial charge in [0, 0.05) is 30.8 Å². The molecule has 0 aliphatic carbocycles. The number of hydrogen-bond donors (Lipinski definition) is 1. The predicted octanol–water partition coefficient (Wildman–Crippen LogP) is 2.64. The number of likely N-dealkylation sites (N-methyl/N-ethyl adjacent to an activating group) is 2. The standard InChI is InChI=1S/C25H26FN3O4/c1-5-28-19-9-7-6-8-17(19)25(24(28)33)20(21(30)16-11-10-15(2)18(26)14-16)22(31)23(32)29(25)13-12-27(3)4/h6-11,14,30H,5,12-13H2,1-4H3/t25-/m1/s1. The summed E-state index contributed by atoms with van der Waals surface area (Å²) in [5.41, 5.74) is -0.729. The first-order valence-corrected chi connectivity index (χ1v) is 10.8. The second-order valence-corrected chi connectivity index (χ2v) is 8.55. The van der Waals surface area contributed by atoms with Crippen molar-refractivity contribution in [2.45, 2.75) is 19.4 Å². The molecule has 2 amide bonds. The molecule has 2 heterocycles. The lowest BCUT2D eigenvalue weighted by Gasteiger charge is -2.35. The summed E-state index contributed by atoms with van der Waals surface area (Å²) in [6.07, 6.45) is 0. The Bertz CT molecular complexity index is 1210. The first-order valence-electron chi connectivity index (χ1n) is 10.8. The summed E-state index contributed by atoms with van der Waals surface area (Å²) in [5.74, 6) is -3.46. The number of likely N-dealkylation sites (tertiary alicyclic amines) is 1. The van der Waals surface area contributed by atoms with Crippen LogP contribution in [0.1, 0.15) is 23.6 Å². The van der Waals surface area contributed by atoms with Crippen molar-refractivity contribution in [2.75, 3.05) is 38.6 Å². The first kappa shape index (κ1) is 22.7. The molecule has 1 atom stereocenters. The number of para-hydroxylation sites is 1. The zero-order valence-corrected chi connectivity index (χ0v) is 19.1. The molecule has 0 radical (unpaired) electrons. The number of aliphatic hydroxyl groups excluding tert-OH is 1. The molecule has 0 saturated carbocycles. The van der Waals surface area contributed by atoms with Gasteiger partial charge in [0.25, 0.3) is 17.6 Å². The zero-order chi connectivity index (χ0) is 24.1. The summed E-state index contributed by atoms with van der Waals surface area (Å²) in [6.45, 7) is 4.18. The Labute approximate surface area is 191 Å². The second-order valence-electron chi connectivity index (χ2n) is 8.55. The third-order valence-corrected chi connectivity index (χ3v) is 6.34. The van der Waals surface area contributed by atoms with E-state index in [-0.39, 0.29) is 17.7 Å². The Morgan fingerprint density at radius 1 is 1.12 bits per heavy atom. The van der Waals surface area contributed by atoms with Crippen molar-refractivity contribution >= 4 is 29.0 Å². The molecule has 8 heteroatoms. The van der Waals surface area contributed by atoms with Gasteiger partial charge in [-0.2, -0.15) is 0 Å². The number of nitrogens with zero attached hydrogens (tertiary/aromatic N) is 3. The topological polar surface area (TPSA) is 81.2 Å². The Morgan fingerprint density at radius 2 is 1.82 bits per heavy atom. The fourth-order valence-electron chi connectivity index (χ4n) is 4.67. The molecule has 2 aliphatic heterocycles. The number of benzene rings is 2. The van der Waals surface area contributed by atoms with Crippen LogP contribution in [0.3, 0.4) is 0 Å². The van der Waals surface area contributed by atoms with Crippen LogP contribution in [0.4, 0.5) is 10.1 Å². The van der Waals surface area contributed by atoms with Gasteiger partial charge < -0.3 is 19.8 Å². The number of Topliss-reactive ketones (excluding diaryl/α,β-unsaturated/α-hetero) is 1. The van der Waals surface area contributed by atoms with E-state index in [1.54, 1.807) is 38.1 Å². The Kier molecular flexibility index (Phi) is 5.57. The van der Waals surface area contributed by atoms with Gasteiger partial charge in [0.2, 0.25) is 0 Å². The molecule has 2 aromatic carbocycles. The maximum atomic E-state index is 14.3. The first-order chi connectivity index (χ1) is 15.7. The highest BCUT2D eigenvalue weighted by Crippen LogP contribution is 2.53. The third kappa shape index (κ3) is 3.16. The number of carbonyl (C=O) groups is 3. The molecule has 1 N–H and O–H groups in total. The van der Waals surface area contributed by atoms with Gasteiger partial charge in [-0.3, -0.25) is 14.4 Å². The smallest absolute Gasteiger partial charge is 0.296 e. The lowest BCUT2D eigenvalue weighted by molar-refractivity contribution is -0.143. The van der Waals surface area contributed by atoms with E-state index in [2.05, 4.69) is 0 Å². The van der Waals surface area contributed by atoms with Crippen LogP contribution >= 0.6 is 0 Å². The normalized spacial score (nSPS) is 21.6. The monoisotopic (exact) mass is 451 g/mol. The molecule has 4 rings (SSSR count). The van der Waals surface area contributed by atoms with Crippen LogP contribution in [0.25, 0.3) is 5.76 Å². The molecule has 0 aromatic heterocycles. The molecule has 33 heavy (non-hydrogen) atoms. The van der Waals surface area contributed by atoms with E-state index in [0.29, 0.717) is 29.9 Å².